The molecule has 0 spiro atoms. The third-order valence-corrected chi connectivity index (χ3v) is 7.68. The number of fused-ring (bicyclic) bond motifs is 1. The van der Waals surface area contributed by atoms with E-state index >= 15 is 0 Å². The molecule has 33 heavy (non-hydrogen) atoms. The van der Waals surface area contributed by atoms with E-state index in [9.17, 15) is 9.59 Å². The fourth-order valence-electron chi connectivity index (χ4n) is 5.85. The van der Waals surface area contributed by atoms with E-state index in [2.05, 4.69) is 31.1 Å². The van der Waals surface area contributed by atoms with E-state index in [4.69, 9.17) is 4.74 Å². The lowest BCUT2D eigenvalue weighted by atomic mass is 9.74. The normalized spacial score (nSPS) is 28.2. The summed E-state index contributed by atoms with van der Waals surface area (Å²) in [5.74, 6) is 0.733. The van der Waals surface area contributed by atoms with Crippen LogP contribution in [0.15, 0.2) is 23.1 Å². The molecule has 1 amide bonds. The molecule has 2 aromatic heterocycles. The van der Waals surface area contributed by atoms with Gasteiger partial charge in [-0.3, -0.25) is 14.6 Å². The number of carbonyl (C=O) groups is 1. The Labute approximate surface area is 197 Å². The Balaban J connectivity index is 1.49. The van der Waals surface area contributed by atoms with E-state index in [1.54, 1.807) is 4.57 Å². The third kappa shape index (κ3) is 5.32. The molecule has 0 radical (unpaired) electrons. The van der Waals surface area contributed by atoms with Gasteiger partial charge < -0.3 is 14.6 Å². The molecular weight excluding hydrogens is 414 g/mol. The molecule has 0 aromatic carbocycles. The summed E-state index contributed by atoms with van der Waals surface area (Å²) in [6.45, 7) is 8.29. The fraction of sp³-hybridized carbons (Fsp3) is 0.667. The van der Waals surface area contributed by atoms with Crippen LogP contribution in [0.3, 0.4) is 0 Å². The van der Waals surface area contributed by atoms with Crippen LogP contribution in [0.2, 0.25) is 0 Å². The predicted molar refractivity (Wildman–Crippen MR) is 131 cm³/mol. The lowest BCUT2D eigenvalue weighted by molar-refractivity contribution is -0.129. The van der Waals surface area contributed by atoms with Crippen molar-refractivity contribution in [3.05, 3.63) is 39.9 Å². The largest absolute Gasteiger partial charge is 0.376 e. The SMILES string of the molecule is Cc1cc2c(cn1)cc(C1CC(NC(=O)C3CCCC(OC(C)C)C3)CCC1C)c(=O)n2C. The van der Waals surface area contributed by atoms with E-state index in [-0.39, 0.29) is 41.6 Å². The molecule has 5 unspecified atom stereocenters. The first kappa shape index (κ1) is 23.9. The Morgan fingerprint density at radius 3 is 2.73 bits per heavy atom. The first-order valence-corrected chi connectivity index (χ1v) is 12.6. The average Bonchev–Trinajstić information content (AvgIpc) is 2.78. The number of rotatable bonds is 5. The first-order chi connectivity index (χ1) is 15.7. The van der Waals surface area contributed by atoms with Gasteiger partial charge in [0.2, 0.25) is 5.91 Å². The van der Waals surface area contributed by atoms with Crippen LogP contribution >= 0.6 is 0 Å². The van der Waals surface area contributed by atoms with Gasteiger partial charge in [-0.1, -0.05) is 13.3 Å². The van der Waals surface area contributed by atoms with Crippen LogP contribution in [0.1, 0.15) is 82.9 Å². The molecular formula is C27H39N3O3. The van der Waals surface area contributed by atoms with Crippen LogP contribution in [0.5, 0.6) is 0 Å². The van der Waals surface area contributed by atoms with E-state index < -0.39 is 0 Å². The number of pyridine rings is 2. The second kappa shape index (κ2) is 9.96. The topological polar surface area (TPSA) is 73.2 Å². The lowest BCUT2D eigenvalue weighted by Gasteiger charge is -2.36. The van der Waals surface area contributed by atoms with Crippen molar-refractivity contribution in [3.63, 3.8) is 0 Å². The number of carbonyl (C=O) groups excluding carboxylic acids is 1. The molecule has 0 bridgehead atoms. The molecule has 4 rings (SSSR count). The minimum Gasteiger partial charge on any atom is -0.376 e. The highest BCUT2D eigenvalue weighted by molar-refractivity contribution is 5.80. The summed E-state index contributed by atoms with van der Waals surface area (Å²) in [7, 11) is 1.85. The summed E-state index contributed by atoms with van der Waals surface area (Å²) in [4.78, 5) is 30.8. The van der Waals surface area contributed by atoms with Gasteiger partial charge in [-0.2, -0.15) is 0 Å². The Morgan fingerprint density at radius 1 is 1.18 bits per heavy atom. The first-order valence-electron chi connectivity index (χ1n) is 12.6. The number of amides is 1. The number of aromatic nitrogens is 2. The van der Waals surface area contributed by atoms with Crippen LogP contribution in [0.25, 0.3) is 10.9 Å². The molecule has 0 aliphatic heterocycles. The summed E-state index contributed by atoms with van der Waals surface area (Å²) < 4.78 is 7.75. The molecule has 2 fully saturated rings. The molecule has 2 heterocycles. The number of nitrogens with one attached hydrogen (secondary N) is 1. The van der Waals surface area contributed by atoms with Crippen molar-refractivity contribution < 1.29 is 9.53 Å². The van der Waals surface area contributed by atoms with Gasteiger partial charge in [0, 0.05) is 41.8 Å². The van der Waals surface area contributed by atoms with Crippen molar-refractivity contribution in [2.45, 2.75) is 96.8 Å². The Hall–Kier alpha value is -2.21. The summed E-state index contributed by atoms with van der Waals surface area (Å²) in [6, 6.07) is 4.11. The highest BCUT2D eigenvalue weighted by Gasteiger charge is 2.34. The smallest absolute Gasteiger partial charge is 0.254 e. The maximum absolute atomic E-state index is 13.3. The third-order valence-electron chi connectivity index (χ3n) is 7.68. The van der Waals surface area contributed by atoms with Crippen molar-refractivity contribution in [1.29, 1.82) is 0 Å². The number of nitrogens with zero attached hydrogens (tertiary/aromatic N) is 2. The van der Waals surface area contributed by atoms with Crippen LogP contribution in [0, 0.1) is 18.8 Å². The van der Waals surface area contributed by atoms with Gasteiger partial charge in [-0.15, -0.1) is 0 Å². The standard InChI is InChI=1S/C27H39N3O3/c1-16(2)33-22-8-6-7-19(12-22)26(31)29-21-10-9-17(3)23(14-21)24-13-20-15-28-18(4)11-25(20)30(5)27(24)32/h11,13,15-17,19,21-23H,6-10,12,14H2,1-5H3,(H,29,31). The molecule has 5 atom stereocenters. The number of ether oxygens (including phenoxy) is 1. The van der Waals surface area contributed by atoms with E-state index in [1.165, 1.54) is 0 Å². The minimum absolute atomic E-state index is 0.0307. The molecule has 6 heteroatoms. The second-order valence-corrected chi connectivity index (χ2v) is 10.6. The monoisotopic (exact) mass is 453 g/mol. The number of hydrogen-bond donors (Lipinski definition) is 1. The molecule has 0 saturated heterocycles. The van der Waals surface area contributed by atoms with Gasteiger partial charge in [-0.05, 0) is 83.3 Å². The van der Waals surface area contributed by atoms with Crippen molar-refractivity contribution in [3.8, 4) is 0 Å². The average molecular weight is 454 g/mol. The second-order valence-electron chi connectivity index (χ2n) is 10.6. The maximum Gasteiger partial charge on any atom is 0.254 e. The lowest BCUT2D eigenvalue weighted by Crippen LogP contribution is -2.45. The zero-order valence-electron chi connectivity index (χ0n) is 20.8. The van der Waals surface area contributed by atoms with Crippen LogP contribution in [-0.2, 0) is 16.6 Å². The summed E-state index contributed by atoms with van der Waals surface area (Å²) in [5, 5.41) is 4.34. The highest BCUT2D eigenvalue weighted by Crippen LogP contribution is 2.37. The van der Waals surface area contributed by atoms with Crippen LogP contribution in [-0.4, -0.2) is 33.7 Å². The Kier molecular flexibility index (Phi) is 7.22. The van der Waals surface area contributed by atoms with Crippen LogP contribution < -0.4 is 10.9 Å². The Morgan fingerprint density at radius 2 is 1.97 bits per heavy atom. The van der Waals surface area contributed by atoms with Crippen molar-refractivity contribution in [2.75, 3.05) is 0 Å². The van der Waals surface area contributed by atoms with E-state index in [0.717, 1.165) is 67.1 Å². The highest BCUT2D eigenvalue weighted by atomic mass is 16.5. The zero-order valence-corrected chi connectivity index (χ0v) is 20.8. The number of aryl methyl sites for hydroxylation is 2. The van der Waals surface area contributed by atoms with Crippen molar-refractivity contribution in [2.24, 2.45) is 18.9 Å². The summed E-state index contributed by atoms with van der Waals surface area (Å²) >= 11 is 0. The maximum atomic E-state index is 13.3. The van der Waals surface area contributed by atoms with Crippen molar-refractivity contribution in [1.82, 2.24) is 14.9 Å². The van der Waals surface area contributed by atoms with E-state index in [0.29, 0.717) is 5.92 Å². The van der Waals surface area contributed by atoms with Gasteiger partial charge in [0.1, 0.15) is 0 Å². The van der Waals surface area contributed by atoms with Crippen molar-refractivity contribution >= 4 is 16.8 Å². The predicted octanol–water partition coefficient (Wildman–Crippen LogP) is 4.61. The van der Waals surface area contributed by atoms with E-state index in [1.807, 2.05) is 32.3 Å². The molecule has 2 aliphatic rings. The molecule has 2 saturated carbocycles. The zero-order chi connectivity index (χ0) is 23.7. The van der Waals surface area contributed by atoms with Gasteiger partial charge in [0.05, 0.1) is 17.7 Å². The minimum atomic E-state index is 0.0307. The quantitative estimate of drug-likeness (QED) is 0.717. The molecule has 2 aliphatic carbocycles. The summed E-state index contributed by atoms with van der Waals surface area (Å²) in [6.07, 6.45) is 8.87. The Bertz CT molecular complexity index is 1060. The van der Waals surface area contributed by atoms with Crippen LogP contribution in [0.4, 0.5) is 0 Å². The molecule has 6 nitrogen and oxygen atoms in total. The van der Waals surface area contributed by atoms with Gasteiger partial charge in [-0.25, -0.2) is 0 Å². The van der Waals surface area contributed by atoms with Gasteiger partial charge in [0.15, 0.2) is 0 Å². The van der Waals surface area contributed by atoms with Gasteiger partial charge >= 0.3 is 0 Å². The molecule has 180 valence electrons. The summed E-state index contributed by atoms with van der Waals surface area (Å²) in [5.41, 5.74) is 2.74. The van der Waals surface area contributed by atoms with Gasteiger partial charge in [0.25, 0.3) is 5.56 Å². The number of hydrogen-bond acceptors (Lipinski definition) is 4. The molecule has 2 aromatic rings. The molecule has 1 N–H and O–H groups in total. The fourth-order valence-corrected chi connectivity index (χ4v) is 5.85.